The Labute approximate surface area is 186 Å². The average Bonchev–Trinajstić information content (AvgIpc) is 2.67. The van der Waals surface area contributed by atoms with Crippen LogP contribution in [-0.4, -0.2) is 44.2 Å². The van der Waals surface area contributed by atoms with Gasteiger partial charge in [-0.1, -0.05) is 36.4 Å². The van der Waals surface area contributed by atoms with Gasteiger partial charge in [0.25, 0.3) is 0 Å². The summed E-state index contributed by atoms with van der Waals surface area (Å²) in [7, 11) is -3.25. The molecule has 1 fully saturated rings. The van der Waals surface area contributed by atoms with Crippen molar-refractivity contribution in [2.75, 3.05) is 18.0 Å². The smallest absolute Gasteiger partial charge is 0.167 e. The molecule has 3 rings (SSSR count). The first-order valence-electron chi connectivity index (χ1n) is 10.8. The highest BCUT2D eigenvalue weighted by molar-refractivity contribution is 7.91. The number of hydrogen-bond donors (Lipinski definition) is 0. The highest BCUT2D eigenvalue weighted by Gasteiger charge is 2.29. The Kier molecular flexibility index (Phi) is 6.92. The topological polar surface area (TPSA) is 63.7 Å². The number of Topliss-reactive ketones (excluding diaryl/α,β-unsaturated/α-hetero) is 1. The number of carbonyl (C=O) groups excluding carboxylic acids is 1. The van der Waals surface area contributed by atoms with Crippen molar-refractivity contribution < 1.29 is 17.9 Å². The zero-order valence-electron chi connectivity index (χ0n) is 19.1. The summed E-state index contributed by atoms with van der Waals surface area (Å²) >= 11 is 0. The molecule has 168 valence electrons. The van der Waals surface area contributed by atoms with Crippen LogP contribution in [0.2, 0.25) is 0 Å². The molecule has 0 radical (unpaired) electrons. The van der Waals surface area contributed by atoms with Gasteiger partial charge in [0.05, 0.1) is 22.7 Å². The second-order valence-electron chi connectivity index (χ2n) is 9.50. The number of sulfone groups is 1. The third-order valence-corrected chi connectivity index (χ3v) is 8.21. The molecule has 2 atom stereocenters. The summed E-state index contributed by atoms with van der Waals surface area (Å²) in [4.78, 5) is 15.1. The number of nitrogens with zero attached hydrogens (tertiary/aromatic N) is 1. The van der Waals surface area contributed by atoms with Crippen molar-refractivity contribution >= 4 is 21.3 Å². The Morgan fingerprint density at radius 3 is 2.19 bits per heavy atom. The Morgan fingerprint density at radius 1 is 1.00 bits per heavy atom. The molecule has 6 heteroatoms. The van der Waals surface area contributed by atoms with Crippen molar-refractivity contribution in [3.8, 4) is 0 Å². The van der Waals surface area contributed by atoms with Crippen molar-refractivity contribution in [2.24, 2.45) is 0 Å². The van der Waals surface area contributed by atoms with Gasteiger partial charge in [-0.05, 0) is 57.9 Å². The largest absolute Gasteiger partial charge is 0.372 e. The van der Waals surface area contributed by atoms with E-state index in [1.807, 2.05) is 12.1 Å². The van der Waals surface area contributed by atoms with Gasteiger partial charge >= 0.3 is 0 Å². The van der Waals surface area contributed by atoms with Crippen molar-refractivity contribution in [2.45, 2.75) is 63.7 Å². The van der Waals surface area contributed by atoms with E-state index in [1.165, 1.54) is 0 Å². The first kappa shape index (κ1) is 23.5. The molecule has 0 aromatic heterocycles. The molecular formula is C25H33NO4S. The summed E-state index contributed by atoms with van der Waals surface area (Å²) in [6, 6.07) is 15.0. The molecule has 0 N–H and O–H groups in total. The van der Waals surface area contributed by atoms with Crippen LogP contribution in [0.15, 0.2) is 48.5 Å². The molecule has 1 saturated heterocycles. The van der Waals surface area contributed by atoms with E-state index in [0.717, 1.165) is 24.3 Å². The summed E-state index contributed by atoms with van der Waals surface area (Å²) in [5.41, 5.74) is 3.36. The molecule has 1 aliphatic heterocycles. The Bertz CT molecular complexity index is 1010. The monoisotopic (exact) mass is 443 g/mol. The van der Waals surface area contributed by atoms with Gasteiger partial charge in [-0.15, -0.1) is 0 Å². The lowest BCUT2D eigenvalue weighted by molar-refractivity contribution is -0.00522. The number of morpholine rings is 1. The third-order valence-electron chi connectivity index (χ3n) is 5.63. The van der Waals surface area contributed by atoms with Crippen molar-refractivity contribution in [3.63, 3.8) is 0 Å². The Balaban J connectivity index is 1.68. The van der Waals surface area contributed by atoms with Crippen molar-refractivity contribution in [1.82, 2.24) is 0 Å². The first-order valence-corrected chi connectivity index (χ1v) is 12.4. The Hall–Kier alpha value is -2.18. The lowest BCUT2D eigenvalue weighted by atomic mass is 10.0. The zero-order chi connectivity index (χ0) is 22.8. The van der Waals surface area contributed by atoms with Crippen molar-refractivity contribution in [3.05, 3.63) is 65.2 Å². The van der Waals surface area contributed by atoms with Crippen LogP contribution in [0.3, 0.4) is 0 Å². The van der Waals surface area contributed by atoms with E-state index in [9.17, 15) is 13.2 Å². The molecule has 0 bridgehead atoms. The van der Waals surface area contributed by atoms with Gasteiger partial charge in [0.2, 0.25) is 0 Å². The number of rotatable bonds is 6. The maximum Gasteiger partial charge on any atom is 0.167 e. The van der Waals surface area contributed by atoms with Gasteiger partial charge in [0.15, 0.2) is 15.6 Å². The minimum atomic E-state index is -3.25. The van der Waals surface area contributed by atoms with Crippen molar-refractivity contribution in [1.29, 1.82) is 0 Å². The minimum Gasteiger partial charge on any atom is -0.372 e. The van der Waals surface area contributed by atoms with Gasteiger partial charge in [-0.3, -0.25) is 4.79 Å². The van der Waals surface area contributed by atoms with Crippen LogP contribution in [-0.2, 0) is 26.7 Å². The highest BCUT2D eigenvalue weighted by atomic mass is 32.2. The lowest BCUT2D eigenvalue weighted by Crippen LogP contribution is -2.45. The minimum absolute atomic E-state index is 0.0195. The molecule has 1 aliphatic rings. The highest BCUT2D eigenvalue weighted by Crippen LogP contribution is 2.23. The maximum atomic E-state index is 12.8. The van der Waals surface area contributed by atoms with Gasteiger partial charge in [-0.2, -0.15) is 0 Å². The van der Waals surface area contributed by atoms with Gasteiger partial charge in [0, 0.05) is 30.8 Å². The van der Waals surface area contributed by atoms with Crippen LogP contribution >= 0.6 is 0 Å². The fourth-order valence-electron chi connectivity index (χ4n) is 3.76. The fraction of sp³-hybridized carbons (Fsp3) is 0.480. The van der Waals surface area contributed by atoms with E-state index in [2.05, 4.69) is 30.9 Å². The van der Waals surface area contributed by atoms with Crippen LogP contribution in [0.4, 0.5) is 5.69 Å². The fourth-order valence-corrected chi connectivity index (χ4v) is 4.83. The number of anilines is 1. The van der Waals surface area contributed by atoms with E-state index in [-0.39, 0.29) is 23.7 Å². The van der Waals surface area contributed by atoms with Crippen LogP contribution < -0.4 is 4.90 Å². The molecular weight excluding hydrogens is 410 g/mol. The summed E-state index contributed by atoms with van der Waals surface area (Å²) < 4.78 is 29.8. The molecule has 0 unspecified atom stereocenters. The number of ketones is 1. The SMILES string of the molecule is C[C@@H]1CN(c2cccc(CC(=O)c3ccc(CS(=O)(=O)C(C)(C)C)cc3)c2)C[C@H](C)O1. The molecule has 2 aromatic carbocycles. The summed E-state index contributed by atoms with van der Waals surface area (Å²) in [5, 5.41) is 0. The Morgan fingerprint density at radius 2 is 1.61 bits per heavy atom. The quantitative estimate of drug-likeness (QED) is 0.618. The van der Waals surface area contributed by atoms with Crippen LogP contribution in [0.25, 0.3) is 0 Å². The standard InChI is InChI=1S/C25H33NO4S/c1-18-15-26(16-19(2)30-18)23-8-6-7-21(13-23)14-24(27)22-11-9-20(10-12-22)17-31(28,29)25(3,4)5/h6-13,18-19H,14-17H2,1-5H3/t18-,19+. The molecule has 0 amide bonds. The number of ether oxygens (including phenoxy) is 1. The van der Waals surface area contributed by atoms with Gasteiger partial charge < -0.3 is 9.64 Å². The van der Waals surface area contributed by atoms with Gasteiger partial charge in [0.1, 0.15) is 0 Å². The first-order chi connectivity index (χ1) is 14.4. The maximum absolute atomic E-state index is 12.8. The summed E-state index contributed by atoms with van der Waals surface area (Å²) in [6.07, 6.45) is 0.660. The molecule has 0 saturated carbocycles. The predicted octanol–water partition coefficient (Wildman–Crippen LogP) is 4.44. The van der Waals surface area contributed by atoms with E-state index in [0.29, 0.717) is 17.5 Å². The van der Waals surface area contributed by atoms with E-state index in [1.54, 1.807) is 45.0 Å². The molecule has 5 nitrogen and oxygen atoms in total. The summed E-state index contributed by atoms with van der Waals surface area (Å²) in [5.74, 6) is -0.00487. The van der Waals surface area contributed by atoms with E-state index >= 15 is 0 Å². The molecule has 0 spiro atoms. The number of carbonyl (C=O) groups is 1. The molecule has 2 aromatic rings. The van der Waals surface area contributed by atoms with Crippen LogP contribution in [0.5, 0.6) is 0 Å². The van der Waals surface area contributed by atoms with E-state index in [4.69, 9.17) is 4.74 Å². The predicted molar refractivity (Wildman–Crippen MR) is 126 cm³/mol. The third kappa shape index (κ3) is 5.95. The second kappa shape index (κ2) is 9.13. The van der Waals surface area contributed by atoms with Crippen LogP contribution in [0.1, 0.15) is 56.1 Å². The van der Waals surface area contributed by atoms with Gasteiger partial charge in [-0.25, -0.2) is 8.42 Å². The normalized spacial score (nSPS) is 20.0. The number of benzene rings is 2. The summed E-state index contributed by atoms with van der Waals surface area (Å²) in [6.45, 7) is 10.9. The lowest BCUT2D eigenvalue weighted by Gasteiger charge is -2.37. The van der Waals surface area contributed by atoms with Crippen LogP contribution in [0, 0.1) is 0 Å². The molecule has 31 heavy (non-hydrogen) atoms. The van der Waals surface area contributed by atoms with E-state index < -0.39 is 14.6 Å². The molecule has 1 heterocycles. The zero-order valence-corrected chi connectivity index (χ0v) is 19.9. The molecule has 0 aliphatic carbocycles. The number of hydrogen-bond acceptors (Lipinski definition) is 5. The average molecular weight is 444 g/mol. The second-order valence-corrected chi connectivity index (χ2v) is 12.2.